The zero-order valence-corrected chi connectivity index (χ0v) is 19.8. The van der Waals surface area contributed by atoms with Crippen molar-refractivity contribution in [2.75, 3.05) is 45.9 Å². The summed E-state index contributed by atoms with van der Waals surface area (Å²) in [6, 6.07) is 8.66. The fourth-order valence-corrected chi connectivity index (χ4v) is 3.06. The topological polar surface area (TPSA) is 123 Å². The van der Waals surface area contributed by atoms with E-state index >= 15 is 0 Å². The van der Waals surface area contributed by atoms with Crippen molar-refractivity contribution in [1.29, 1.82) is 5.26 Å². The highest BCUT2D eigenvalue weighted by atomic mass is 19.4. The number of alkyl halides is 3. The lowest BCUT2D eigenvalue weighted by molar-refractivity contribution is -0.192. The van der Waals surface area contributed by atoms with Crippen LogP contribution in [0.25, 0.3) is 0 Å². The minimum Gasteiger partial charge on any atom is -0.475 e. The molecule has 1 aromatic carbocycles. The molecule has 0 atom stereocenters. The number of halogens is 3. The zero-order valence-electron chi connectivity index (χ0n) is 19.8. The molecule has 12 heteroatoms. The summed E-state index contributed by atoms with van der Waals surface area (Å²) in [4.78, 5) is 37.9. The number of amides is 2. The highest BCUT2D eigenvalue weighted by Crippen LogP contribution is 2.13. The molecule has 2 N–H and O–H groups in total. The third-order valence-electron chi connectivity index (χ3n) is 4.88. The van der Waals surface area contributed by atoms with Gasteiger partial charge in [0, 0.05) is 57.9 Å². The number of carboxylic acid groups (broad SMARTS) is 1. The summed E-state index contributed by atoms with van der Waals surface area (Å²) < 4.78 is 37.3. The van der Waals surface area contributed by atoms with Crippen LogP contribution in [0.4, 0.5) is 13.2 Å². The van der Waals surface area contributed by atoms with Gasteiger partial charge in [-0.1, -0.05) is 0 Å². The van der Waals surface area contributed by atoms with E-state index in [0.29, 0.717) is 56.8 Å². The maximum absolute atomic E-state index is 12.9. The van der Waals surface area contributed by atoms with Crippen LogP contribution in [0.3, 0.4) is 0 Å². The Morgan fingerprint density at radius 3 is 2.23 bits per heavy atom. The number of carbonyl (C=O) groups excluding carboxylic acids is 2. The number of ether oxygens (including phenoxy) is 1. The molecule has 1 aliphatic rings. The molecule has 0 radical (unpaired) electrons. The molecule has 9 nitrogen and oxygen atoms in total. The van der Waals surface area contributed by atoms with Crippen molar-refractivity contribution in [3.05, 3.63) is 35.4 Å². The van der Waals surface area contributed by atoms with Crippen molar-refractivity contribution in [3.63, 3.8) is 0 Å². The smallest absolute Gasteiger partial charge is 0.475 e. The summed E-state index contributed by atoms with van der Waals surface area (Å²) in [5.74, 6) is -2.80. The van der Waals surface area contributed by atoms with Gasteiger partial charge in [-0.3, -0.25) is 9.59 Å². The average molecular weight is 501 g/mol. The number of piperazine rings is 1. The molecule has 0 saturated carbocycles. The van der Waals surface area contributed by atoms with Crippen molar-refractivity contribution in [1.82, 2.24) is 15.1 Å². The van der Waals surface area contributed by atoms with E-state index in [9.17, 15) is 22.8 Å². The molecule has 1 heterocycles. The van der Waals surface area contributed by atoms with Crippen LogP contribution in [-0.2, 0) is 14.3 Å². The van der Waals surface area contributed by atoms with Gasteiger partial charge in [0.1, 0.15) is 0 Å². The number of carbonyl (C=O) groups is 3. The molecule has 1 aliphatic heterocycles. The minimum atomic E-state index is -5.08. The first-order chi connectivity index (χ1) is 16.5. The summed E-state index contributed by atoms with van der Waals surface area (Å²) in [5, 5.41) is 19.3. The van der Waals surface area contributed by atoms with Gasteiger partial charge in [0.05, 0.1) is 17.7 Å². The van der Waals surface area contributed by atoms with E-state index in [2.05, 4.69) is 11.4 Å². The first kappa shape index (κ1) is 29.9. The number of rotatable bonds is 9. The standard InChI is InChI=1S/C21H30N4O3.C2HF3O2/c1-17(2)28-15-3-11-25(12-8-20(26)24-13-9-23-10-14-24)21(27)19-6-4-18(16-22)5-7-19;3-2(4,5)1(6)7/h4-7,17,23H,3,8-15H2,1-2H3;(H,6,7). The van der Waals surface area contributed by atoms with Gasteiger partial charge in [-0.05, 0) is 44.5 Å². The van der Waals surface area contributed by atoms with Crippen molar-refractivity contribution < 1.29 is 37.4 Å². The number of carboxylic acids is 1. The van der Waals surface area contributed by atoms with E-state index in [1.54, 1.807) is 29.2 Å². The van der Waals surface area contributed by atoms with E-state index in [4.69, 9.17) is 19.9 Å². The highest BCUT2D eigenvalue weighted by molar-refractivity contribution is 5.94. The summed E-state index contributed by atoms with van der Waals surface area (Å²) in [7, 11) is 0. The van der Waals surface area contributed by atoms with Crippen LogP contribution in [0, 0.1) is 11.3 Å². The predicted octanol–water partition coefficient (Wildman–Crippen LogP) is 2.27. The van der Waals surface area contributed by atoms with E-state index in [1.807, 2.05) is 18.7 Å². The summed E-state index contributed by atoms with van der Waals surface area (Å²) in [6.07, 6.45) is -3.91. The fraction of sp³-hybridized carbons (Fsp3) is 0.565. The minimum absolute atomic E-state index is 0.0811. The molecule has 0 spiro atoms. The van der Waals surface area contributed by atoms with Gasteiger partial charge in [-0.25, -0.2) is 4.79 Å². The molecule has 2 rings (SSSR count). The van der Waals surface area contributed by atoms with Crippen LogP contribution >= 0.6 is 0 Å². The first-order valence-corrected chi connectivity index (χ1v) is 11.1. The number of nitrogens with zero attached hydrogens (tertiary/aromatic N) is 3. The van der Waals surface area contributed by atoms with Crippen molar-refractivity contribution in [3.8, 4) is 6.07 Å². The van der Waals surface area contributed by atoms with Gasteiger partial charge < -0.3 is 25.0 Å². The summed E-state index contributed by atoms with van der Waals surface area (Å²) >= 11 is 0. The summed E-state index contributed by atoms with van der Waals surface area (Å²) in [6.45, 7) is 8.48. The Kier molecular flexibility index (Phi) is 12.8. The van der Waals surface area contributed by atoms with Crippen LogP contribution in [0.1, 0.15) is 42.6 Å². The number of hydrogen-bond donors (Lipinski definition) is 2. The van der Waals surface area contributed by atoms with Crippen LogP contribution in [-0.4, -0.2) is 90.8 Å². The van der Waals surface area contributed by atoms with E-state index in [0.717, 1.165) is 13.1 Å². The number of hydrogen-bond acceptors (Lipinski definition) is 6. The Morgan fingerprint density at radius 1 is 1.17 bits per heavy atom. The fourth-order valence-electron chi connectivity index (χ4n) is 3.06. The number of nitriles is 1. The van der Waals surface area contributed by atoms with Crippen molar-refractivity contribution >= 4 is 17.8 Å². The maximum Gasteiger partial charge on any atom is 0.490 e. The van der Waals surface area contributed by atoms with Crippen molar-refractivity contribution in [2.24, 2.45) is 0 Å². The molecule has 0 aliphatic carbocycles. The highest BCUT2D eigenvalue weighted by Gasteiger charge is 2.38. The van der Waals surface area contributed by atoms with Gasteiger partial charge in [0.2, 0.25) is 5.91 Å². The number of aliphatic carboxylic acids is 1. The molecule has 0 aromatic heterocycles. The number of benzene rings is 1. The first-order valence-electron chi connectivity index (χ1n) is 11.1. The van der Waals surface area contributed by atoms with Gasteiger partial charge in [0.15, 0.2) is 0 Å². The normalized spacial score (nSPS) is 13.5. The van der Waals surface area contributed by atoms with E-state index in [1.165, 1.54) is 0 Å². The lowest BCUT2D eigenvalue weighted by Gasteiger charge is -2.29. The predicted molar refractivity (Wildman–Crippen MR) is 121 cm³/mol. The molecular formula is C23H31F3N4O5. The lowest BCUT2D eigenvalue weighted by atomic mass is 10.1. The molecule has 0 unspecified atom stereocenters. The average Bonchev–Trinajstić information content (AvgIpc) is 2.83. The second-order valence-corrected chi connectivity index (χ2v) is 7.94. The molecule has 0 bridgehead atoms. The van der Waals surface area contributed by atoms with Crippen LogP contribution in [0.5, 0.6) is 0 Å². The molecule has 1 saturated heterocycles. The SMILES string of the molecule is CC(C)OCCCN(CCC(=O)N1CCNCC1)C(=O)c1ccc(C#N)cc1.O=C(O)C(F)(F)F. The van der Waals surface area contributed by atoms with Gasteiger partial charge in [0.25, 0.3) is 5.91 Å². The Hall–Kier alpha value is -3.17. The molecule has 35 heavy (non-hydrogen) atoms. The Morgan fingerprint density at radius 2 is 1.74 bits per heavy atom. The number of nitrogens with one attached hydrogen (secondary N) is 1. The largest absolute Gasteiger partial charge is 0.490 e. The van der Waals surface area contributed by atoms with Gasteiger partial charge >= 0.3 is 12.1 Å². The van der Waals surface area contributed by atoms with Crippen LogP contribution in [0.15, 0.2) is 24.3 Å². The molecule has 194 valence electrons. The Balaban J connectivity index is 0.000000762. The third-order valence-corrected chi connectivity index (χ3v) is 4.88. The monoisotopic (exact) mass is 500 g/mol. The van der Waals surface area contributed by atoms with Crippen LogP contribution in [0.2, 0.25) is 0 Å². The third kappa shape index (κ3) is 11.7. The second-order valence-electron chi connectivity index (χ2n) is 7.94. The molecule has 1 fully saturated rings. The summed E-state index contributed by atoms with van der Waals surface area (Å²) in [5.41, 5.74) is 1.04. The van der Waals surface area contributed by atoms with Gasteiger partial charge in [-0.2, -0.15) is 18.4 Å². The molecule has 1 aromatic rings. The van der Waals surface area contributed by atoms with Crippen LogP contribution < -0.4 is 5.32 Å². The van der Waals surface area contributed by atoms with Crippen molar-refractivity contribution in [2.45, 2.75) is 39.0 Å². The lowest BCUT2D eigenvalue weighted by Crippen LogP contribution is -2.47. The quantitative estimate of drug-likeness (QED) is 0.499. The molecule has 2 amide bonds. The van der Waals surface area contributed by atoms with E-state index < -0.39 is 12.1 Å². The second kappa shape index (κ2) is 15.0. The zero-order chi connectivity index (χ0) is 26.4. The van der Waals surface area contributed by atoms with E-state index in [-0.39, 0.29) is 17.9 Å². The van der Waals surface area contributed by atoms with Gasteiger partial charge in [-0.15, -0.1) is 0 Å². The molecular weight excluding hydrogens is 469 g/mol. The maximum atomic E-state index is 12.9. The Labute approximate surface area is 202 Å². The Bertz CT molecular complexity index is 863.